The van der Waals surface area contributed by atoms with Crippen molar-refractivity contribution in [2.24, 2.45) is 0 Å². The second kappa shape index (κ2) is 11.5. The van der Waals surface area contributed by atoms with Crippen molar-refractivity contribution in [3.05, 3.63) is 17.8 Å². The molecule has 0 saturated carbocycles. The number of unbranched alkanes of at least 4 members (excludes halogenated alkanes) is 9. The Bertz CT molecular complexity index is 738. The van der Waals surface area contributed by atoms with Gasteiger partial charge in [0.2, 0.25) is 0 Å². The fraction of sp³-hybridized carbons (Fsp3) is 0.773. The molecule has 0 spiro atoms. The maximum absolute atomic E-state index is 12.0. The largest absolute Gasteiger partial charge is 0.463 e. The molecule has 2 N–H and O–H groups in total. The van der Waals surface area contributed by atoms with Gasteiger partial charge in [0.25, 0.3) is 0 Å². The van der Waals surface area contributed by atoms with Gasteiger partial charge in [-0.1, -0.05) is 64.7 Å². The molecule has 1 aromatic heterocycles. The van der Waals surface area contributed by atoms with Crippen LogP contribution in [-0.2, 0) is 14.3 Å². The molecule has 4 atom stereocenters. The highest BCUT2D eigenvalue weighted by molar-refractivity contribution is 5.69. The number of fused-ring (bicyclic) bond motifs is 3. The Kier molecular flexibility index (Phi) is 8.69. The number of esters is 1. The van der Waals surface area contributed by atoms with Crippen LogP contribution < -0.4 is 10.2 Å². The first-order valence-electron chi connectivity index (χ1n) is 11.4. The van der Waals surface area contributed by atoms with Gasteiger partial charge in [0.1, 0.15) is 18.8 Å². The zero-order chi connectivity index (χ0) is 21.3. The quantitative estimate of drug-likeness (QED) is 0.374. The van der Waals surface area contributed by atoms with E-state index in [9.17, 15) is 9.90 Å². The highest BCUT2D eigenvalue weighted by Gasteiger charge is 2.51. The fourth-order valence-corrected chi connectivity index (χ4v) is 4.03. The Hall–Kier alpha value is -1.93. The predicted octanol–water partition coefficient (Wildman–Crippen LogP) is 3.24. The average Bonchev–Trinajstić information content (AvgIpc) is 3.23. The predicted molar refractivity (Wildman–Crippen MR) is 110 cm³/mol. The zero-order valence-corrected chi connectivity index (χ0v) is 17.9. The SMILES string of the molecule is CCCCCCCCCCCCC(=O)OC[C@H]1O[C@@H]2[C@@H](Oc3nc(=N)ccn32)[C@@H]1O. The van der Waals surface area contributed by atoms with E-state index in [1.807, 2.05) is 0 Å². The third-order valence-corrected chi connectivity index (χ3v) is 5.80. The average molecular weight is 422 g/mol. The third-order valence-electron chi connectivity index (χ3n) is 5.80. The number of aliphatic hydroxyl groups is 1. The zero-order valence-electron chi connectivity index (χ0n) is 17.9. The molecule has 0 radical (unpaired) electrons. The van der Waals surface area contributed by atoms with E-state index in [2.05, 4.69) is 11.9 Å². The minimum Gasteiger partial charge on any atom is -0.463 e. The maximum atomic E-state index is 12.0. The Morgan fingerprint density at radius 2 is 1.83 bits per heavy atom. The van der Waals surface area contributed by atoms with Crippen molar-refractivity contribution < 1.29 is 24.1 Å². The number of ether oxygens (including phenoxy) is 3. The minimum atomic E-state index is -0.920. The van der Waals surface area contributed by atoms with Gasteiger partial charge in [-0.3, -0.25) is 14.8 Å². The molecule has 1 aromatic rings. The van der Waals surface area contributed by atoms with Crippen molar-refractivity contribution in [1.29, 1.82) is 5.41 Å². The standard InChI is InChI=1S/C22H35N3O5/c1-2-3-4-5-6-7-8-9-10-11-12-18(26)28-15-16-19(27)20-21(29-16)25-14-13-17(23)24-22(25)30-20/h13-14,16,19-21,23,27H,2-12,15H2,1H3/t16-,19-,20+,21-/m1/s1. The van der Waals surface area contributed by atoms with Crippen molar-refractivity contribution >= 4 is 5.97 Å². The lowest BCUT2D eigenvalue weighted by atomic mass is 10.1. The summed E-state index contributed by atoms with van der Waals surface area (Å²) in [6.45, 7) is 2.24. The van der Waals surface area contributed by atoms with E-state index < -0.39 is 24.5 Å². The summed E-state index contributed by atoms with van der Waals surface area (Å²) >= 11 is 0. The Morgan fingerprint density at radius 1 is 1.17 bits per heavy atom. The molecule has 1 saturated heterocycles. The maximum Gasteiger partial charge on any atom is 0.305 e. The summed E-state index contributed by atoms with van der Waals surface area (Å²) in [4.78, 5) is 16.0. The van der Waals surface area contributed by atoms with E-state index in [4.69, 9.17) is 19.6 Å². The molecule has 8 heteroatoms. The van der Waals surface area contributed by atoms with Gasteiger partial charge in [0.15, 0.2) is 17.8 Å². The molecule has 0 unspecified atom stereocenters. The number of aliphatic hydroxyl groups excluding tert-OH is 1. The number of carbonyl (C=O) groups is 1. The lowest BCUT2D eigenvalue weighted by molar-refractivity contribution is -0.150. The van der Waals surface area contributed by atoms with Crippen LogP contribution >= 0.6 is 0 Å². The van der Waals surface area contributed by atoms with Gasteiger partial charge in [-0.25, -0.2) is 0 Å². The van der Waals surface area contributed by atoms with E-state index in [0.29, 0.717) is 6.42 Å². The van der Waals surface area contributed by atoms with Crippen LogP contribution in [0.1, 0.15) is 83.8 Å². The van der Waals surface area contributed by atoms with Crippen molar-refractivity contribution in [1.82, 2.24) is 9.55 Å². The van der Waals surface area contributed by atoms with Crippen molar-refractivity contribution in [3.63, 3.8) is 0 Å². The van der Waals surface area contributed by atoms with Crippen LogP contribution in [0.15, 0.2) is 12.3 Å². The van der Waals surface area contributed by atoms with Crippen molar-refractivity contribution in [3.8, 4) is 6.01 Å². The number of nitrogens with zero attached hydrogens (tertiary/aromatic N) is 2. The number of carbonyl (C=O) groups excluding carboxylic acids is 1. The molecule has 3 rings (SSSR count). The van der Waals surface area contributed by atoms with Gasteiger partial charge in [0.05, 0.1) is 0 Å². The van der Waals surface area contributed by atoms with Gasteiger partial charge >= 0.3 is 12.0 Å². The first-order valence-corrected chi connectivity index (χ1v) is 11.4. The molecule has 1 fully saturated rings. The van der Waals surface area contributed by atoms with Gasteiger partial charge in [0, 0.05) is 12.6 Å². The smallest absolute Gasteiger partial charge is 0.305 e. The number of hydrogen-bond donors (Lipinski definition) is 2. The molecule has 168 valence electrons. The molecular formula is C22H35N3O5. The molecule has 2 aliphatic rings. The molecular weight excluding hydrogens is 386 g/mol. The normalized spacial score (nSPS) is 24.3. The molecule has 2 aliphatic heterocycles. The monoisotopic (exact) mass is 421 g/mol. The summed E-state index contributed by atoms with van der Waals surface area (Å²) < 4.78 is 18.4. The first kappa shape index (κ1) is 22.7. The van der Waals surface area contributed by atoms with Crippen LogP contribution in [-0.4, -0.2) is 45.5 Å². The Morgan fingerprint density at radius 3 is 2.53 bits per heavy atom. The third kappa shape index (κ3) is 6.04. The van der Waals surface area contributed by atoms with Gasteiger partial charge in [-0.2, -0.15) is 4.98 Å². The highest BCUT2D eigenvalue weighted by atomic mass is 16.6. The van der Waals surface area contributed by atoms with Crippen LogP contribution in [0.5, 0.6) is 6.01 Å². The Balaban J connectivity index is 1.26. The van der Waals surface area contributed by atoms with Crippen LogP contribution in [0.4, 0.5) is 0 Å². The Labute approximate surface area is 178 Å². The topological polar surface area (TPSA) is 107 Å². The molecule has 8 nitrogen and oxygen atoms in total. The first-order chi connectivity index (χ1) is 14.6. The molecule has 3 heterocycles. The van der Waals surface area contributed by atoms with Crippen LogP contribution in [0, 0.1) is 5.41 Å². The second-order valence-corrected chi connectivity index (χ2v) is 8.26. The molecule has 0 aromatic carbocycles. The van der Waals surface area contributed by atoms with Gasteiger partial charge in [-0.15, -0.1) is 0 Å². The highest BCUT2D eigenvalue weighted by Crippen LogP contribution is 2.38. The van der Waals surface area contributed by atoms with E-state index in [1.165, 1.54) is 51.0 Å². The van der Waals surface area contributed by atoms with Crippen LogP contribution in [0.25, 0.3) is 0 Å². The summed E-state index contributed by atoms with van der Waals surface area (Å²) in [5, 5.41) is 18.0. The molecule has 30 heavy (non-hydrogen) atoms. The lowest BCUT2D eigenvalue weighted by Gasteiger charge is -2.17. The van der Waals surface area contributed by atoms with Crippen molar-refractivity contribution in [2.45, 2.75) is 102 Å². The summed E-state index contributed by atoms with van der Waals surface area (Å²) in [5.41, 5.74) is 0.0909. The summed E-state index contributed by atoms with van der Waals surface area (Å²) in [6, 6.07) is 1.79. The van der Waals surface area contributed by atoms with Gasteiger partial charge in [-0.05, 0) is 12.5 Å². The van der Waals surface area contributed by atoms with E-state index in [1.54, 1.807) is 10.8 Å². The molecule has 0 aliphatic carbocycles. The number of aromatic nitrogens is 2. The lowest BCUT2D eigenvalue weighted by Crippen LogP contribution is -2.36. The second-order valence-electron chi connectivity index (χ2n) is 8.26. The van der Waals surface area contributed by atoms with E-state index in [-0.39, 0.29) is 24.1 Å². The fourth-order valence-electron chi connectivity index (χ4n) is 4.03. The number of rotatable bonds is 13. The molecule has 0 bridgehead atoms. The van der Waals surface area contributed by atoms with E-state index >= 15 is 0 Å². The van der Waals surface area contributed by atoms with Crippen LogP contribution in [0.3, 0.4) is 0 Å². The van der Waals surface area contributed by atoms with Gasteiger partial charge < -0.3 is 19.3 Å². The summed E-state index contributed by atoms with van der Waals surface area (Å²) in [6.07, 6.45) is 11.6. The summed E-state index contributed by atoms with van der Waals surface area (Å²) in [5.74, 6) is -0.253. The van der Waals surface area contributed by atoms with Crippen LogP contribution in [0.2, 0.25) is 0 Å². The number of hydrogen-bond acceptors (Lipinski definition) is 7. The van der Waals surface area contributed by atoms with E-state index in [0.717, 1.165) is 19.3 Å². The van der Waals surface area contributed by atoms with Crippen molar-refractivity contribution in [2.75, 3.05) is 6.61 Å². The minimum absolute atomic E-state index is 0.00791. The molecule has 0 amide bonds. The number of nitrogens with one attached hydrogen (secondary N) is 1. The summed E-state index contributed by atoms with van der Waals surface area (Å²) in [7, 11) is 0.